The molecule has 2 N–H and O–H groups in total. The quantitative estimate of drug-likeness (QED) is 0.893. The molecule has 0 amide bonds. The minimum atomic E-state index is 0.146. The standard InChI is InChI=1S/C14H17BrN2O/c1-2-11(9-18)17-8-10-5-6-13(15)12-4-3-7-16-14(10)12/h3-7,11,17-18H,2,8-9H2,1H3/t11-/m0/s1. The number of aliphatic hydroxyl groups excluding tert-OH is 1. The highest BCUT2D eigenvalue weighted by molar-refractivity contribution is 9.10. The van der Waals surface area contributed by atoms with Gasteiger partial charge in [-0.1, -0.05) is 35.0 Å². The fourth-order valence-corrected chi connectivity index (χ4v) is 2.38. The molecule has 0 spiro atoms. The molecule has 0 fully saturated rings. The maximum atomic E-state index is 9.18. The second kappa shape index (κ2) is 6.27. The first kappa shape index (κ1) is 13.5. The zero-order valence-corrected chi connectivity index (χ0v) is 11.9. The third kappa shape index (κ3) is 2.88. The highest BCUT2D eigenvalue weighted by Crippen LogP contribution is 2.25. The Bertz CT molecular complexity index is 526. The number of rotatable bonds is 5. The Balaban J connectivity index is 2.26. The molecule has 96 valence electrons. The van der Waals surface area contributed by atoms with Crippen molar-refractivity contribution >= 4 is 26.8 Å². The van der Waals surface area contributed by atoms with Gasteiger partial charge in [-0.05, 0) is 24.1 Å². The Morgan fingerprint density at radius 3 is 2.94 bits per heavy atom. The lowest BCUT2D eigenvalue weighted by molar-refractivity contribution is 0.238. The van der Waals surface area contributed by atoms with Crippen LogP contribution in [-0.4, -0.2) is 22.7 Å². The monoisotopic (exact) mass is 308 g/mol. The van der Waals surface area contributed by atoms with E-state index in [9.17, 15) is 5.11 Å². The van der Waals surface area contributed by atoms with Crippen LogP contribution in [0, 0.1) is 0 Å². The van der Waals surface area contributed by atoms with Crippen LogP contribution in [0.2, 0.25) is 0 Å². The molecule has 0 aliphatic carbocycles. The molecular weight excluding hydrogens is 292 g/mol. The Morgan fingerprint density at radius 1 is 1.39 bits per heavy atom. The van der Waals surface area contributed by atoms with Crippen molar-refractivity contribution in [3.8, 4) is 0 Å². The van der Waals surface area contributed by atoms with Gasteiger partial charge in [0.15, 0.2) is 0 Å². The van der Waals surface area contributed by atoms with Gasteiger partial charge in [0.25, 0.3) is 0 Å². The summed E-state index contributed by atoms with van der Waals surface area (Å²) in [6.07, 6.45) is 2.72. The molecule has 1 aromatic carbocycles. The number of hydrogen-bond acceptors (Lipinski definition) is 3. The summed E-state index contributed by atoms with van der Waals surface area (Å²) in [5, 5.41) is 13.6. The molecule has 4 heteroatoms. The average Bonchev–Trinajstić information content (AvgIpc) is 2.42. The summed E-state index contributed by atoms with van der Waals surface area (Å²) < 4.78 is 1.06. The van der Waals surface area contributed by atoms with Gasteiger partial charge in [-0.2, -0.15) is 0 Å². The molecule has 0 unspecified atom stereocenters. The summed E-state index contributed by atoms with van der Waals surface area (Å²) >= 11 is 3.54. The van der Waals surface area contributed by atoms with E-state index in [1.165, 1.54) is 0 Å². The zero-order valence-electron chi connectivity index (χ0n) is 10.4. The van der Waals surface area contributed by atoms with E-state index in [0.29, 0.717) is 0 Å². The smallest absolute Gasteiger partial charge is 0.0758 e. The molecule has 1 atom stereocenters. The van der Waals surface area contributed by atoms with Gasteiger partial charge in [0.1, 0.15) is 0 Å². The van der Waals surface area contributed by atoms with Crippen LogP contribution in [0.4, 0.5) is 0 Å². The molecule has 0 aliphatic heterocycles. The van der Waals surface area contributed by atoms with Crippen molar-refractivity contribution in [1.29, 1.82) is 0 Å². The predicted molar refractivity (Wildman–Crippen MR) is 77.4 cm³/mol. The van der Waals surface area contributed by atoms with E-state index in [0.717, 1.165) is 33.9 Å². The maximum Gasteiger partial charge on any atom is 0.0758 e. The lowest BCUT2D eigenvalue weighted by Crippen LogP contribution is -2.31. The molecule has 0 radical (unpaired) electrons. The summed E-state index contributed by atoms with van der Waals surface area (Å²) in [6, 6.07) is 8.25. The van der Waals surface area contributed by atoms with Crippen molar-refractivity contribution < 1.29 is 5.11 Å². The summed E-state index contributed by atoms with van der Waals surface area (Å²) in [4.78, 5) is 4.44. The molecule has 18 heavy (non-hydrogen) atoms. The first-order chi connectivity index (χ1) is 8.76. The van der Waals surface area contributed by atoms with Crippen LogP contribution < -0.4 is 5.32 Å². The molecule has 0 saturated heterocycles. The number of aromatic nitrogens is 1. The van der Waals surface area contributed by atoms with Crippen molar-refractivity contribution in [2.24, 2.45) is 0 Å². The second-order valence-corrected chi connectivity index (χ2v) is 5.13. The number of fused-ring (bicyclic) bond motifs is 1. The van der Waals surface area contributed by atoms with Crippen molar-refractivity contribution in [1.82, 2.24) is 10.3 Å². The van der Waals surface area contributed by atoms with Gasteiger partial charge in [-0.3, -0.25) is 4.98 Å². The molecule has 3 nitrogen and oxygen atoms in total. The second-order valence-electron chi connectivity index (χ2n) is 4.27. The van der Waals surface area contributed by atoms with Crippen molar-refractivity contribution in [2.75, 3.05) is 6.61 Å². The molecule has 2 rings (SSSR count). The molecular formula is C14H17BrN2O. The topological polar surface area (TPSA) is 45.1 Å². The van der Waals surface area contributed by atoms with Crippen LogP contribution in [0.25, 0.3) is 10.9 Å². The largest absolute Gasteiger partial charge is 0.395 e. The van der Waals surface area contributed by atoms with Crippen LogP contribution in [0.3, 0.4) is 0 Å². The van der Waals surface area contributed by atoms with E-state index >= 15 is 0 Å². The number of hydrogen-bond donors (Lipinski definition) is 2. The zero-order chi connectivity index (χ0) is 13.0. The number of halogens is 1. The van der Waals surface area contributed by atoms with Crippen LogP contribution in [0.1, 0.15) is 18.9 Å². The van der Waals surface area contributed by atoms with Crippen LogP contribution in [0.15, 0.2) is 34.9 Å². The van der Waals surface area contributed by atoms with Gasteiger partial charge in [0.05, 0.1) is 12.1 Å². The van der Waals surface area contributed by atoms with Crippen LogP contribution in [0.5, 0.6) is 0 Å². The van der Waals surface area contributed by atoms with Gasteiger partial charge >= 0.3 is 0 Å². The Hall–Kier alpha value is -0.970. The SMILES string of the molecule is CC[C@@H](CO)NCc1ccc(Br)c2cccnc12. The van der Waals surface area contributed by atoms with Gasteiger partial charge in [0.2, 0.25) is 0 Å². The molecule has 0 aliphatic rings. The summed E-state index contributed by atoms with van der Waals surface area (Å²) in [5.41, 5.74) is 2.16. The third-order valence-corrected chi connectivity index (χ3v) is 3.79. The average molecular weight is 309 g/mol. The van der Waals surface area contributed by atoms with E-state index in [-0.39, 0.29) is 12.6 Å². The van der Waals surface area contributed by atoms with Gasteiger partial charge in [-0.25, -0.2) is 0 Å². The summed E-state index contributed by atoms with van der Waals surface area (Å²) in [6.45, 7) is 2.95. The Morgan fingerprint density at radius 2 is 2.22 bits per heavy atom. The van der Waals surface area contributed by atoms with E-state index in [1.54, 1.807) is 0 Å². The van der Waals surface area contributed by atoms with E-state index in [1.807, 2.05) is 18.3 Å². The normalized spacial score (nSPS) is 12.8. The first-order valence-corrected chi connectivity index (χ1v) is 6.92. The van der Waals surface area contributed by atoms with Gasteiger partial charge in [0, 0.05) is 28.6 Å². The number of nitrogens with one attached hydrogen (secondary N) is 1. The predicted octanol–water partition coefficient (Wildman–Crippen LogP) is 2.86. The van der Waals surface area contributed by atoms with Crippen molar-refractivity contribution in [3.63, 3.8) is 0 Å². The third-order valence-electron chi connectivity index (χ3n) is 3.09. The number of nitrogens with zero attached hydrogens (tertiary/aromatic N) is 1. The number of pyridine rings is 1. The minimum absolute atomic E-state index is 0.146. The first-order valence-electron chi connectivity index (χ1n) is 6.12. The maximum absolute atomic E-state index is 9.18. The van der Waals surface area contributed by atoms with Crippen LogP contribution >= 0.6 is 15.9 Å². The molecule has 1 aromatic heterocycles. The highest BCUT2D eigenvalue weighted by atomic mass is 79.9. The summed E-state index contributed by atoms with van der Waals surface area (Å²) in [7, 11) is 0. The van der Waals surface area contributed by atoms with E-state index < -0.39 is 0 Å². The highest BCUT2D eigenvalue weighted by Gasteiger charge is 2.08. The Labute approximate surface area is 115 Å². The summed E-state index contributed by atoms with van der Waals surface area (Å²) in [5.74, 6) is 0. The van der Waals surface area contributed by atoms with E-state index in [2.05, 4.69) is 45.3 Å². The fourth-order valence-electron chi connectivity index (χ4n) is 1.93. The lowest BCUT2D eigenvalue weighted by Gasteiger charge is -2.15. The van der Waals surface area contributed by atoms with Gasteiger partial charge in [-0.15, -0.1) is 0 Å². The molecule has 0 bridgehead atoms. The minimum Gasteiger partial charge on any atom is -0.395 e. The Kier molecular flexibility index (Phi) is 4.69. The molecule has 0 saturated carbocycles. The molecule has 1 heterocycles. The van der Waals surface area contributed by atoms with Gasteiger partial charge < -0.3 is 10.4 Å². The molecule has 2 aromatic rings. The fraction of sp³-hybridized carbons (Fsp3) is 0.357. The number of benzene rings is 1. The van der Waals surface area contributed by atoms with Crippen LogP contribution in [-0.2, 0) is 6.54 Å². The van der Waals surface area contributed by atoms with Crippen molar-refractivity contribution in [3.05, 3.63) is 40.5 Å². The van der Waals surface area contributed by atoms with E-state index in [4.69, 9.17) is 0 Å². The van der Waals surface area contributed by atoms with Crippen molar-refractivity contribution in [2.45, 2.75) is 25.9 Å². The lowest BCUT2D eigenvalue weighted by atomic mass is 10.1. The number of aliphatic hydroxyl groups is 1.